The van der Waals surface area contributed by atoms with Gasteiger partial charge < -0.3 is 10.2 Å². The number of rotatable bonds is 6. The van der Waals surface area contributed by atoms with Gasteiger partial charge in [0.05, 0.1) is 5.56 Å². The van der Waals surface area contributed by atoms with E-state index in [9.17, 15) is 14.0 Å². The van der Waals surface area contributed by atoms with Crippen molar-refractivity contribution in [2.45, 2.75) is 13.1 Å². The van der Waals surface area contributed by atoms with E-state index in [1.165, 1.54) is 18.3 Å². The van der Waals surface area contributed by atoms with Crippen molar-refractivity contribution in [3.8, 4) is 0 Å². The maximum atomic E-state index is 13.1. The van der Waals surface area contributed by atoms with Gasteiger partial charge in [0.1, 0.15) is 11.5 Å². The summed E-state index contributed by atoms with van der Waals surface area (Å²) >= 11 is 0. The van der Waals surface area contributed by atoms with Crippen molar-refractivity contribution in [2.24, 2.45) is 0 Å². The zero-order valence-electron chi connectivity index (χ0n) is 17.7. The molecule has 2 aromatic carbocycles. The third kappa shape index (κ3) is 5.56. The van der Waals surface area contributed by atoms with E-state index in [1.54, 1.807) is 29.2 Å². The summed E-state index contributed by atoms with van der Waals surface area (Å²) in [6.07, 6.45) is 1.46. The fraction of sp³-hybridized carbons (Fsp3) is 0.240. The van der Waals surface area contributed by atoms with Crippen LogP contribution in [-0.2, 0) is 13.1 Å². The molecule has 1 N–H and O–H groups in total. The minimum Gasteiger partial charge on any atom is -0.347 e. The molecule has 0 unspecified atom stereocenters. The normalized spacial score (nSPS) is 14.2. The predicted octanol–water partition coefficient (Wildman–Crippen LogP) is 3.11. The average Bonchev–Trinajstić information content (AvgIpc) is 2.85. The number of piperazine rings is 1. The highest BCUT2D eigenvalue weighted by molar-refractivity contribution is 5.96. The van der Waals surface area contributed by atoms with Gasteiger partial charge >= 0.3 is 0 Å². The lowest BCUT2D eigenvalue weighted by Gasteiger charge is -2.34. The van der Waals surface area contributed by atoms with Crippen molar-refractivity contribution >= 4 is 11.8 Å². The molecule has 1 aliphatic rings. The van der Waals surface area contributed by atoms with E-state index >= 15 is 0 Å². The van der Waals surface area contributed by atoms with Gasteiger partial charge in [0.2, 0.25) is 0 Å². The number of hydrogen-bond donors (Lipinski definition) is 1. The Morgan fingerprint density at radius 3 is 2.25 bits per heavy atom. The number of hydrogen-bond acceptors (Lipinski definition) is 4. The molecule has 4 rings (SSSR count). The Bertz CT molecular complexity index is 1050. The predicted molar refractivity (Wildman–Crippen MR) is 119 cm³/mol. The van der Waals surface area contributed by atoms with Crippen molar-refractivity contribution in [3.63, 3.8) is 0 Å². The first-order chi connectivity index (χ1) is 15.6. The lowest BCUT2D eigenvalue weighted by atomic mass is 10.1. The lowest BCUT2D eigenvalue weighted by Crippen LogP contribution is -2.48. The summed E-state index contributed by atoms with van der Waals surface area (Å²) in [7, 11) is 0. The summed E-state index contributed by atoms with van der Waals surface area (Å²) in [5, 5.41) is 2.83. The molecule has 1 saturated heterocycles. The van der Waals surface area contributed by atoms with E-state index in [2.05, 4.69) is 15.2 Å². The second-order valence-electron chi connectivity index (χ2n) is 7.80. The summed E-state index contributed by atoms with van der Waals surface area (Å²) < 4.78 is 13.1. The third-order valence-corrected chi connectivity index (χ3v) is 5.52. The van der Waals surface area contributed by atoms with Crippen LogP contribution in [0.5, 0.6) is 0 Å². The molecule has 164 valence electrons. The van der Waals surface area contributed by atoms with E-state index in [0.717, 1.165) is 30.8 Å². The largest absolute Gasteiger partial charge is 0.347 e. The van der Waals surface area contributed by atoms with Crippen LogP contribution >= 0.6 is 0 Å². The number of pyridine rings is 1. The molecule has 0 bridgehead atoms. The number of halogens is 1. The van der Waals surface area contributed by atoms with Crippen LogP contribution in [0.25, 0.3) is 0 Å². The number of amides is 2. The smallest absolute Gasteiger partial charge is 0.270 e. The topological polar surface area (TPSA) is 65.5 Å². The fourth-order valence-corrected chi connectivity index (χ4v) is 3.66. The van der Waals surface area contributed by atoms with Crippen molar-refractivity contribution in [2.75, 3.05) is 26.2 Å². The molecule has 0 aliphatic carbocycles. The van der Waals surface area contributed by atoms with Gasteiger partial charge in [-0.1, -0.05) is 42.5 Å². The molecule has 0 spiro atoms. The number of nitrogens with one attached hydrogen (secondary N) is 1. The molecule has 1 aromatic heterocycles. The highest BCUT2D eigenvalue weighted by atomic mass is 19.1. The highest BCUT2D eigenvalue weighted by Gasteiger charge is 2.22. The number of nitrogens with zero attached hydrogens (tertiary/aromatic N) is 3. The van der Waals surface area contributed by atoms with Crippen LogP contribution in [0.15, 0.2) is 72.9 Å². The summed E-state index contributed by atoms with van der Waals surface area (Å²) in [4.78, 5) is 33.4. The summed E-state index contributed by atoms with van der Waals surface area (Å²) in [5.41, 5.74) is 2.81. The van der Waals surface area contributed by atoms with Crippen molar-refractivity contribution in [3.05, 3.63) is 101 Å². The Morgan fingerprint density at radius 2 is 1.59 bits per heavy atom. The Hall–Kier alpha value is -3.58. The van der Waals surface area contributed by atoms with E-state index in [0.29, 0.717) is 25.2 Å². The average molecular weight is 432 g/mol. The summed E-state index contributed by atoms with van der Waals surface area (Å²) in [6.45, 7) is 3.87. The van der Waals surface area contributed by atoms with Crippen LogP contribution in [0.3, 0.4) is 0 Å². The van der Waals surface area contributed by atoms with Gasteiger partial charge in [-0.15, -0.1) is 0 Å². The number of aromatic nitrogens is 1. The van der Waals surface area contributed by atoms with Gasteiger partial charge in [0, 0.05) is 45.5 Å². The lowest BCUT2D eigenvalue weighted by molar-refractivity contribution is 0.0627. The maximum absolute atomic E-state index is 13.1. The van der Waals surface area contributed by atoms with Gasteiger partial charge in [-0.05, 0) is 35.4 Å². The number of benzene rings is 2. The van der Waals surface area contributed by atoms with Crippen LogP contribution in [0.4, 0.5) is 4.39 Å². The van der Waals surface area contributed by atoms with Gasteiger partial charge in [-0.25, -0.2) is 4.39 Å². The van der Waals surface area contributed by atoms with Gasteiger partial charge in [0.25, 0.3) is 11.8 Å². The van der Waals surface area contributed by atoms with E-state index in [-0.39, 0.29) is 23.3 Å². The van der Waals surface area contributed by atoms with Crippen LogP contribution in [0, 0.1) is 5.82 Å². The molecular formula is C25H25FN4O2. The van der Waals surface area contributed by atoms with Crippen LogP contribution in [0.2, 0.25) is 0 Å². The maximum Gasteiger partial charge on any atom is 0.270 e. The second kappa shape index (κ2) is 10.2. The standard InChI is InChI=1S/C25H25FN4O2/c26-22-9-6-20(7-10-22)18-29-12-14-30(15-13-29)25(32)21-8-11-23(27-17-21)24(31)28-16-19-4-2-1-3-5-19/h1-11,17H,12-16,18H2,(H,28,31). The molecule has 2 heterocycles. The first kappa shape index (κ1) is 21.6. The molecule has 0 atom stereocenters. The summed E-state index contributed by atoms with van der Waals surface area (Å²) in [5.74, 6) is -0.602. The van der Waals surface area contributed by atoms with E-state index in [4.69, 9.17) is 0 Å². The molecule has 32 heavy (non-hydrogen) atoms. The molecule has 6 nitrogen and oxygen atoms in total. The van der Waals surface area contributed by atoms with Crippen LogP contribution in [-0.4, -0.2) is 52.8 Å². The molecule has 3 aromatic rings. The molecule has 7 heteroatoms. The van der Waals surface area contributed by atoms with E-state index in [1.807, 2.05) is 30.3 Å². The fourth-order valence-electron chi connectivity index (χ4n) is 3.66. The second-order valence-corrected chi connectivity index (χ2v) is 7.80. The monoisotopic (exact) mass is 432 g/mol. The Balaban J connectivity index is 1.27. The van der Waals surface area contributed by atoms with Crippen LogP contribution < -0.4 is 5.32 Å². The molecular weight excluding hydrogens is 407 g/mol. The molecule has 0 saturated carbocycles. The molecule has 1 aliphatic heterocycles. The number of carbonyl (C=O) groups is 2. The highest BCUT2D eigenvalue weighted by Crippen LogP contribution is 2.12. The SMILES string of the molecule is O=C(NCc1ccccc1)c1ccc(C(=O)N2CCN(Cc3ccc(F)cc3)CC2)cn1. The first-order valence-electron chi connectivity index (χ1n) is 10.6. The quantitative estimate of drug-likeness (QED) is 0.650. The zero-order valence-corrected chi connectivity index (χ0v) is 17.7. The van der Waals surface area contributed by atoms with Crippen molar-refractivity contribution in [1.29, 1.82) is 0 Å². The molecule has 2 amide bonds. The molecule has 1 fully saturated rings. The van der Waals surface area contributed by atoms with Crippen molar-refractivity contribution < 1.29 is 14.0 Å². The molecule has 0 radical (unpaired) electrons. The Labute approximate surface area is 186 Å². The summed E-state index contributed by atoms with van der Waals surface area (Å²) in [6, 6.07) is 19.4. The van der Waals surface area contributed by atoms with Gasteiger partial charge in [-0.3, -0.25) is 19.5 Å². The van der Waals surface area contributed by atoms with Crippen LogP contribution in [0.1, 0.15) is 32.0 Å². The van der Waals surface area contributed by atoms with Crippen molar-refractivity contribution in [1.82, 2.24) is 20.1 Å². The van der Waals surface area contributed by atoms with Gasteiger partial charge in [-0.2, -0.15) is 0 Å². The number of carbonyl (C=O) groups excluding carboxylic acids is 2. The van der Waals surface area contributed by atoms with Gasteiger partial charge in [0.15, 0.2) is 0 Å². The third-order valence-electron chi connectivity index (χ3n) is 5.52. The van der Waals surface area contributed by atoms with E-state index < -0.39 is 0 Å². The minimum absolute atomic E-state index is 0.0878. The zero-order chi connectivity index (χ0) is 22.3. The Morgan fingerprint density at radius 1 is 0.875 bits per heavy atom. The Kier molecular flexibility index (Phi) is 6.87. The first-order valence-corrected chi connectivity index (χ1v) is 10.6. The minimum atomic E-state index is -0.276.